The monoisotopic (exact) mass is 342 g/mol. The van der Waals surface area contributed by atoms with Crippen molar-refractivity contribution in [1.29, 1.82) is 0 Å². The fourth-order valence-electron chi connectivity index (χ4n) is 2.44. The van der Waals surface area contributed by atoms with Crippen LogP contribution in [0.4, 0.5) is 5.69 Å². The van der Waals surface area contributed by atoms with Crippen LogP contribution in [-0.4, -0.2) is 23.8 Å². The lowest BCUT2D eigenvalue weighted by Gasteiger charge is -2.17. The van der Waals surface area contributed by atoms with Gasteiger partial charge in [-0.05, 0) is 54.8 Å². The van der Waals surface area contributed by atoms with Crippen molar-refractivity contribution in [1.82, 2.24) is 4.90 Å². The summed E-state index contributed by atoms with van der Waals surface area (Å²) in [6.45, 7) is 0.510. The molecule has 1 aliphatic rings. The van der Waals surface area contributed by atoms with Gasteiger partial charge in [-0.1, -0.05) is 23.7 Å². The third kappa shape index (κ3) is 4.15. The fourth-order valence-corrected chi connectivity index (χ4v) is 2.57. The maximum atomic E-state index is 12.5. The molecular weight excluding hydrogens is 324 g/mol. The highest BCUT2D eigenvalue weighted by molar-refractivity contribution is 6.30. The first kappa shape index (κ1) is 16.5. The largest absolute Gasteiger partial charge is 0.337 e. The zero-order chi connectivity index (χ0) is 17.1. The van der Waals surface area contributed by atoms with Crippen LogP contribution in [0.15, 0.2) is 48.5 Å². The molecule has 1 N–H and O–H groups in total. The van der Waals surface area contributed by atoms with E-state index < -0.39 is 0 Å². The minimum Gasteiger partial charge on any atom is -0.337 e. The smallest absolute Gasteiger partial charge is 0.253 e. The minimum absolute atomic E-state index is 0.0638. The molecule has 1 aliphatic carbocycles. The molecule has 4 nitrogen and oxygen atoms in total. The topological polar surface area (TPSA) is 49.4 Å². The molecule has 0 bridgehead atoms. The summed E-state index contributed by atoms with van der Waals surface area (Å²) in [4.78, 5) is 25.9. The van der Waals surface area contributed by atoms with Crippen LogP contribution in [0.3, 0.4) is 0 Å². The van der Waals surface area contributed by atoms with Crippen molar-refractivity contribution < 1.29 is 9.59 Å². The van der Waals surface area contributed by atoms with Crippen molar-refractivity contribution >= 4 is 29.1 Å². The predicted octanol–water partition coefficient (Wildman–Crippen LogP) is 3.96. The average molecular weight is 343 g/mol. The number of nitrogens with one attached hydrogen (secondary N) is 1. The highest BCUT2D eigenvalue weighted by Gasteiger charge is 2.29. The lowest BCUT2D eigenvalue weighted by atomic mass is 10.1. The number of anilines is 1. The van der Waals surface area contributed by atoms with E-state index in [4.69, 9.17) is 11.6 Å². The van der Waals surface area contributed by atoms with Gasteiger partial charge in [-0.15, -0.1) is 0 Å². The van der Waals surface area contributed by atoms with Crippen LogP contribution in [0, 0.1) is 5.92 Å². The Morgan fingerprint density at radius 2 is 1.71 bits per heavy atom. The Balaban J connectivity index is 1.61. The van der Waals surface area contributed by atoms with Gasteiger partial charge in [-0.2, -0.15) is 0 Å². The number of benzene rings is 2. The predicted molar refractivity (Wildman–Crippen MR) is 95.0 cm³/mol. The van der Waals surface area contributed by atoms with Crippen molar-refractivity contribution in [3.05, 3.63) is 64.7 Å². The first-order valence-corrected chi connectivity index (χ1v) is 8.31. The lowest BCUT2D eigenvalue weighted by molar-refractivity contribution is -0.117. The Kier molecular flexibility index (Phi) is 4.86. The molecule has 0 spiro atoms. The molecule has 2 aromatic carbocycles. The molecule has 0 atom stereocenters. The van der Waals surface area contributed by atoms with Crippen LogP contribution < -0.4 is 5.32 Å². The second-order valence-electron chi connectivity index (χ2n) is 6.13. The summed E-state index contributed by atoms with van der Waals surface area (Å²) in [6.07, 6.45) is 1.94. The Bertz CT molecular complexity index is 737. The van der Waals surface area contributed by atoms with Crippen LogP contribution in [0.2, 0.25) is 5.02 Å². The second kappa shape index (κ2) is 7.05. The van der Waals surface area contributed by atoms with Gasteiger partial charge in [0.25, 0.3) is 5.91 Å². The standard InChI is InChI=1S/C19H19ClN2O2/c1-22(12-13-2-8-16(20)9-3-13)19(24)15-6-10-17(11-7-15)21-18(23)14-4-5-14/h2-3,6-11,14H,4-5,12H2,1H3,(H,21,23). The van der Waals surface area contributed by atoms with E-state index in [1.165, 1.54) is 0 Å². The minimum atomic E-state index is -0.0648. The van der Waals surface area contributed by atoms with Gasteiger partial charge in [0, 0.05) is 35.8 Å². The summed E-state index contributed by atoms with van der Waals surface area (Å²) in [5, 5.41) is 3.55. The summed E-state index contributed by atoms with van der Waals surface area (Å²) in [5.41, 5.74) is 2.34. The van der Waals surface area contributed by atoms with Gasteiger partial charge < -0.3 is 10.2 Å². The number of hydrogen-bond donors (Lipinski definition) is 1. The molecule has 24 heavy (non-hydrogen) atoms. The molecule has 0 aromatic heterocycles. The number of nitrogens with zero attached hydrogens (tertiary/aromatic N) is 1. The molecule has 0 saturated heterocycles. The average Bonchev–Trinajstić information content (AvgIpc) is 3.42. The number of carbonyl (C=O) groups excluding carboxylic acids is 2. The van der Waals surface area contributed by atoms with E-state index in [9.17, 15) is 9.59 Å². The van der Waals surface area contributed by atoms with E-state index in [1.807, 2.05) is 24.3 Å². The molecule has 1 fully saturated rings. The Hall–Kier alpha value is -2.33. The van der Waals surface area contributed by atoms with E-state index in [0.29, 0.717) is 17.1 Å². The molecule has 1 saturated carbocycles. The molecule has 5 heteroatoms. The summed E-state index contributed by atoms with van der Waals surface area (Å²) in [5.74, 6) is 0.163. The Morgan fingerprint density at radius 1 is 1.08 bits per heavy atom. The van der Waals surface area contributed by atoms with Gasteiger partial charge in [0.15, 0.2) is 0 Å². The zero-order valence-electron chi connectivity index (χ0n) is 13.5. The van der Waals surface area contributed by atoms with Crippen molar-refractivity contribution in [2.24, 2.45) is 5.92 Å². The molecular formula is C19H19ClN2O2. The SMILES string of the molecule is CN(Cc1ccc(Cl)cc1)C(=O)c1ccc(NC(=O)C2CC2)cc1. The van der Waals surface area contributed by atoms with Gasteiger partial charge in [0.1, 0.15) is 0 Å². The highest BCUT2D eigenvalue weighted by atomic mass is 35.5. The van der Waals surface area contributed by atoms with Crippen LogP contribution >= 0.6 is 11.6 Å². The number of halogens is 1. The number of amides is 2. The Labute approximate surface area is 146 Å². The first-order chi connectivity index (χ1) is 11.5. The maximum absolute atomic E-state index is 12.5. The van der Waals surface area contributed by atoms with Gasteiger partial charge in [-0.3, -0.25) is 9.59 Å². The van der Waals surface area contributed by atoms with Crippen LogP contribution in [0.25, 0.3) is 0 Å². The number of hydrogen-bond acceptors (Lipinski definition) is 2. The van der Waals surface area contributed by atoms with Crippen molar-refractivity contribution in [2.75, 3.05) is 12.4 Å². The molecule has 124 valence electrons. The third-order valence-corrected chi connectivity index (χ3v) is 4.28. The summed E-state index contributed by atoms with van der Waals surface area (Å²) in [6, 6.07) is 14.4. The molecule has 2 aromatic rings. The summed E-state index contributed by atoms with van der Waals surface area (Å²) in [7, 11) is 1.76. The lowest BCUT2D eigenvalue weighted by Crippen LogP contribution is -2.26. The number of carbonyl (C=O) groups is 2. The maximum Gasteiger partial charge on any atom is 0.253 e. The summed E-state index contributed by atoms with van der Waals surface area (Å²) >= 11 is 5.87. The molecule has 3 rings (SSSR count). The second-order valence-corrected chi connectivity index (χ2v) is 6.56. The van der Waals surface area contributed by atoms with E-state index in [-0.39, 0.29) is 17.7 Å². The molecule has 2 amide bonds. The van der Waals surface area contributed by atoms with Crippen molar-refractivity contribution in [3.8, 4) is 0 Å². The van der Waals surface area contributed by atoms with E-state index >= 15 is 0 Å². The van der Waals surface area contributed by atoms with E-state index in [1.54, 1.807) is 36.2 Å². The normalized spacial score (nSPS) is 13.4. The van der Waals surface area contributed by atoms with E-state index in [0.717, 1.165) is 24.1 Å². The Morgan fingerprint density at radius 3 is 2.29 bits per heavy atom. The quantitative estimate of drug-likeness (QED) is 0.894. The van der Waals surface area contributed by atoms with Crippen LogP contribution in [0.5, 0.6) is 0 Å². The van der Waals surface area contributed by atoms with Crippen LogP contribution in [-0.2, 0) is 11.3 Å². The number of rotatable bonds is 5. The van der Waals surface area contributed by atoms with Crippen molar-refractivity contribution in [3.63, 3.8) is 0 Å². The molecule has 0 heterocycles. The zero-order valence-corrected chi connectivity index (χ0v) is 14.2. The molecule has 0 unspecified atom stereocenters. The van der Waals surface area contributed by atoms with Crippen molar-refractivity contribution in [2.45, 2.75) is 19.4 Å². The van der Waals surface area contributed by atoms with Gasteiger partial charge in [0.2, 0.25) is 5.91 Å². The van der Waals surface area contributed by atoms with E-state index in [2.05, 4.69) is 5.32 Å². The first-order valence-electron chi connectivity index (χ1n) is 7.94. The highest BCUT2D eigenvalue weighted by Crippen LogP contribution is 2.30. The fraction of sp³-hybridized carbons (Fsp3) is 0.263. The van der Waals surface area contributed by atoms with Crippen LogP contribution in [0.1, 0.15) is 28.8 Å². The van der Waals surface area contributed by atoms with Gasteiger partial charge in [-0.25, -0.2) is 0 Å². The molecule has 0 radical (unpaired) electrons. The van der Waals surface area contributed by atoms with Gasteiger partial charge in [0.05, 0.1) is 0 Å². The molecule has 0 aliphatic heterocycles. The summed E-state index contributed by atoms with van der Waals surface area (Å²) < 4.78 is 0. The third-order valence-electron chi connectivity index (χ3n) is 4.03. The van der Waals surface area contributed by atoms with Gasteiger partial charge >= 0.3 is 0 Å².